The first-order valence-electron chi connectivity index (χ1n) is 6.37. The van der Waals surface area contributed by atoms with Crippen LogP contribution in [0.4, 0.5) is 0 Å². The van der Waals surface area contributed by atoms with Gasteiger partial charge in [0.2, 0.25) is 10.0 Å². The molecule has 0 heterocycles. The second kappa shape index (κ2) is 7.18. The van der Waals surface area contributed by atoms with Crippen molar-refractivity contribution in [2.75, 3.05) is 0 Å². The summed E-state index contributed by atoms with van der Waals surface area (Å²) in [6.45, 7) is 0. The molecule has 2 aromatic rings. The van der Waals surface area contributed by atoms with E-state index >= 15 is 0 Å². The number of rotatable bonds is 3. The quantitative estimate of drug-likeness (QED) is 0.694. The molecule has 0 bridgehead atoms. The third kappa shape index (κ3) is 4.45. The lowest BCUT2D eigenvalue weighted by molar-refractivity contribution is 0.0846. The molecule has 10 heteroatoms. The number of carbonyl (C=O) groups is 2. The Hall–Kier alpha value is -2.13. The molecule has 4 N–H and O–H groups in total. The van der Waals surface area contributed by atoms with Gasteiger partial charge in [-0.15, -0.1) is 0 Å². The van der Waals surface area contributed by atoms with Gasteiger partial charge in [-0.05, 0) is 42.5 Å². The molecule has 0 aliphatic rings. The largest absolute Gasteiger partial charge is 0.271 e. The van der Waals surface area contributed by atoms with E-state index in [4.69, 9.17) is 28.3 Å². The number of primary sulfonamides is 1. The van der Waals surface area contributed by atoms with Gasteiger partial charge in [0.05, 0.1) is 15.5 Å². The average molecular weight is 388 g/mol. The Bertz CT molecular complexity index is 899. The molecule has 0 unspecified atom stereocenters. The van der Waals surface area contributed by atoms with Crippen LogP contribution in [0.15, 0.2) is 47.4 Å². The molecular formula is C14H11Cl2N3O4S. The summed E-state index contributed by atoms with van der Waals surface area (Å²) >= 11 is 11.6. The van der Waals surface area contributed by atoms with Crippen molar-refractivity contribution in [1.29, 1.82) is 0 Å². The minimum atomic E-state index is -3.99. The Morgan fingerprint density at radius 2 is 1.50 bits per heavy atom. The molecule has 0 aromatic heterocycles. The average Bonchev–Trinajstić information content (AvgIpc) is 2.52. The number of benzene rings is 2. The predicted molar refractivity (Wildman–Crippen MR) is 89.2 cm³/mol. The summed E-state index contributed by atoms with van der Waals surface area (Å²) in [6.07, 6.45) is 0. The predicted octanol–water partition coefficient (Wildman–Crippen LogP) is 1.72. The molecule has 2 amide bonds. The molecule has 24 heavy (non-hydrogen) atoms. The number of halogens is 2. The fourth-order valence-electron chi connectivity index (χ4n) is 1.71. The zero-order valence-electron chi connectivity index (χ0n) is 11.9. The molecule has 0 aliphatic carbocycles. The van der Waals surface area contributed by atoms with Crippen LogP contribution in [0.5, 0.6) is 0 Å². The number of hydrazine groups is 1. The van der Waals surface area contributed by atoms with Crippen molar-refractivity contribution in [3.8, 4) is 0 Å². The van der Waals surface area contributed by atoms with Gasteiger partial charge in [0.25, 0.3) is 11.8 Å². The number of hydrogen-bond acceptors (Lipinski definition) is 4. The lowest BCUT2D eigenvalue weighted by Gasteiger charge is -2.09. The molecule has 2 aromatic carbocycles. The summed E-state index contributed by atoms with van der Waals surface area (Å²) in [7, 11) is -3.99. The molecule has 7 nitrogen and oxygen atoms in total. The maximum absolute atomic E-state index is 12.1. The minimum Gasteiger partial charge on any atom is -0.267 e. The molecule has 0 saturated heterocycles. The Balaban J connectivity index is 2.12. The second-order valence-electron chi connectivity index (χ2n) is 4.60. The van der Waals surface area contributed by atoms with E-state index in [0.717, 1.165) is 6.07 Å². The van der Waals surface area contributed by atoms with Gasteiger partial charge < -0.3 is 0 Å². The SMILES string of the molecule is NS(=O)(=O)c1ccc(Cl)c(C(=O)NNC(=O)c2ccc(Cl)cc2)c1. The zero-order chi connectivity index (χ0) is 17.9. The summed E-state index contributed by atoms with van der Waals surface area (Å²) in [5.41, 5.74) is 4.44. The second-order valence-corrected chi connectivity index (χ2v) is 7.01. The van der Waals surface area contributed by atoms with Gasteiger partial charge in [-0.2, -0.15) is 0 Å². The van der Waals surface area contributed by atoms with Crippen LogP contribution in [-0.4, -0.2) is 20.2 Å². The van der Waals surface area contributed by atoms with Crippen molar-refractivity contribution < 1.29 is 18.0 Å². The number of nitrogens with one attached hydrogen (secondary N) is 2. The monoisotopic (exact) mass is 387 g/mol. The van der Waals surface area contributed by atoms with Crippen LogP contribution < -0.4 is 16.0 Å². The standard InChI is InChI=1S/C14H11Cl2N3O4S/c15-9-3-1-8(2-4-9)13(20)18-19-14(21)11-7-10(24(17,22)23)5-6-12(11)16/h1-7H,(H,18,20)(H,19,21)(H2,17,22,23). The molecule has 0 radical (unpaired) electrons. The number of sulfonamides is 1. The Kier molecular flexibility index (Phi) is 5.45. The van der Waals surface area contributed by atoms with E-state index in [1.54, 1.807) is 0 Å². The topological polar surface area (TPSA) is 118 Å². The fourth-order valence-corrected chi connectivity index (χ4v) is 2.58. The molecular weight excluding hydrogens is 377 g/mol. The fraction of sp³-hybridized carbons (Fsp3) is 0. The first kappa shape index (κ1) is 18.2. The molecule has 126 valence electrons. The molecule has 0 atom stereocenters. The van der Waals surface area contributed by atoms with Crippen molar-refractivity contribution >= 4 is 45.0 Å². The van der Waals surface area contributed by atoms with Crippen LogP contribution in [0, 0.1) is 0 Å². The third-order valence-corrected chi connectivity index (χ3v) is 4.40. The highest BCUT2D eigenvalue weighted by molar-refractivity contribution is 7.89. The Morgan fingerprint density at radius 1 is 0.917 bits per heavy atom. The van der Waals surface area contributed by atoms with Gasteiger partial charge in [0, 0.05) is 10.6 Å². The molecule has 0 fully saturated rings. The number of carbonyl (C=O) groups excluding carboxylic acids is 2. The van der Waals surface area contributed by atoms with Gasteiger partial charge in [0.15, 0.2) is 0 Å². The summed E-state index contributed by atoms with van der Waals surface area (Å²) in [4.78, 5) is 23.7. The van der Waals surface area contributed by atoms with Gasteiger partial charge >= 0.3 is 0 Å². The van der Waals surface area contributed by atoms with E-state index in [9.17, 15) is 18.0 Å². The Morgan fingerprint density at radius 3 is 2.08 bits per heavy atom. The van der Waals surface area contributed by atoms with Crippen molar-refractivity contribution in [2.45, 2.75) is 4.90 Å². The minimum absolute atomic E-state index is 0.000594. The highest BCUT2D eigenvalue weighted by Crippen LogP contribution is 2.19. The van der Waals surface area contributed by atoms with Crippen molar-refractivity contribution in [3.63, 3.8) is 0 Å². The number of hydrogen-bond donors (Lipinski definition) is 3. The van der Waals surface area contributed by atoms with E-state index in [0.29, 0.717) is 5.02 Å². The van der Waals surface area contributed by atoms with Crippen LogP contribution in [0.25, 0.3) is 0 Å². The van der Waals surface area contributed by atoms with Crippen LogP contribution in [-0.2, 0) is 10.0 Å². The van der Waals surface area contributed by atoms with Crippen LogP contribution in [0.3, 0.4) is 0 Å². The number of amides is 2. The van der Waals surface area contributed by atoms with E-state index in [2.05, 4.69) is 10.9 Å². The van der Waals surface area contributed by atoms with Gasteiger partial charge in [-0.1, -0.05) is 23.2 Å². The summed E-state index contributed by atoms with van der Waals surface area (Å²) in [6, 6.07) is 9.38. The molecule has 2 rings (SSSR count). The zero-order valence-corrected chi connectivity index (χ0v) is 14.2. The van der Waals surface area contributed by atoms with Crippen molar-refractivity contribution in [1.82, 2.24) is 10.9 Å². The van der Waals surface area contributed by atoms with Crippen LogP contribution >= 0.6 is 23.2 Å². The molecule has 0 aliphatic heterocycles. The first-order chi connectivity index (χ1) is 11.2. The van der Waals surface area contributed by atoms with Crippen LogP contribution in [0.2, 0.25) is 10.0 Å². The lowest BCUT2D eigenvalue weighted by Crippen LogP contribution is -2.41. The smallest absolute Gasteiger partial charge is 0.267 e. The maximum Gasteiger partial charge on any atom is 0.271 e. The van der Waals surface area contributed by atoms with Gasteiger partial charge in [-0.25, -0.2) is 13.6 Å². The van der Waals surface area contributed by atoms with Gasteiger partial charge in [0.1, 0.15) is 0 Å². The molecule has 0 saturated carbocycles. The van der Waals surface area contributed by atoms with Crippen molar-refractivity contribution in [2.24, 2.45) is 5.14 Å². The van der Waals surface area contributed by atoms with Crippen LogP contribution in [0.1, 0.15) is 20.7 Å². The summed E-state index contributed by atoms with van der Waals surface area (Å²) < 4.78 is 22.6. The Labute approximate surface area is 147 Å². The lowest BCUT2D eigenvalue weighted by atomic mass is 10.2. The maximum atomic E-state index is 12.1. The van der Waals surface area contributed by atoms with E-state index in [1.807, 2.05) is 0 Å². The van der Waals surface area contributed by atoms with E-state index in [-0.39, 0.29) is 21.0 Å². The summed E-state index contributed by atoms with van der Waals surface area (Å²) in [5, 5.41) is 5.46. The summed E-state index contributed by atoms with van der Waals surface area (Å²) in [5.74, 6) is -1.38. The first-order valence-corrected chi connectivity index (χ1v) is 8.67. The highest BCUT2D eigenvalue weighted by atomic mass is 35.5. The third-order valence-electron chi connectivity index (χ3n) is 2.91. The highest BCUT2D eigenvalue weighted by Gasteiger charge is 2.16. The van der Waals surface area contributed by atoms with E-state index < -0.39 is 21.8 Å². The van der Waals surface area contributed by atoms with Crippen molar-refractivity contribution in [3.05, 3.63) is 63.6 Å². The van der Waals surface area contributed by atoms with Gasteiger partial charge in [-0.3, -0.25) is 20.4 Å². The van der Waals surface area contributed by atoms with E-state index in [1.165, 1.54) is 36.4 Å². The molecule has 0 spiro atoms. The number of nitrogens with two attached hydrogens (primary N) is 1. The normalized spacial score (nSPS) is 11.0.